The van der Waals surface area contributed by atoms with Crippen LogP contribution in [0.15, 0.2) is 18.2 Å². The first-order valence-corrected chi connectivity index (χ1v) is 8.03. The second-order valence-corrected chi connectivity index (χ2v) is 6.23. The van der Waals surface area contributed by atoms with Crippen LogP contribution >= 0.6 is 0 Å². The maximum atomic E-state index is 9.31. The van der Waals surface area contributed by atoms with Crippen molar-refractivity contribution in [1.29, 1.82) is 0 Å². The smallest absolute Gasteiger partial charge is 0.123 e. The Labute approximate surface area is 127 Å². The van der Waals surface area contributed by atoms with Gasteiger partial charge in [0.1, 0.15) is 5.75 Å². The van der Waals surface area contributed by atoms with Crippen LogP contribution in [0.25, 0.3) is 0 Å². The van der Waals surface area contributed by atoms with Crippen molar-refractivity contribution in [2.75, 3.05) is 33.3 Å². The summed E-state index contributed by atoms with van der Waals surface area (Å²) in [7, 11) is 1.72. The van der Waals surface area contributed by atoms with Crippen LogP contribution in [0.1, 0.15) is 30.4 Å². The summed E-state index contributed by atoms with van der Waals surface area (Å²) in [5, 5.41) is 9.31. The minimum absolute atomic E-state index is 0.0907. The topological polar surface area (TPSA) is 35.9 Å². The molecule has 1 aromatic carbocycles. The lowest BCUT2D eigenvalue weighted by Crippen LogP contribution is -2.35. The summed E-state index contributed by atoms with van der Waals surface area (Å²) in [6.45, 7) is 5.89. The van der Waals surface area contributed by atoms with Crippen LogP contribution in [0.2, 0.25) is 0 Å². The van der Waals surface area contributed by atoms with Crippen LogP contribution < -0.4 is 4.74 Å². The number of rotatable bonds is 5. The molecule has 0 radical (unpaired) electrons. The Morgan fingerprint density at radius 1 is 1.24 bits per heavy atom. The Kier molecular flexibility index (Phi) is 4.78. The number of benzene rings is 1. The number of methoxy groups -OCH3 is 1. The molecular formula is C17H26N2O2. The molecule has 4 nitrogen and oxygen atoms in total. The molecule has 0 aliphatic carbocycles. The number of hydrogen-bond donors (Lipinski definition) is 1. The van der Waals surface area contributed by atoms with Gasteiger partial charge >= 0.3 is 0 Å². The highest BCUT2D eigenvalue weighted by molar-refractivity contribution is 5.37. The molecule has 1 N–H and O–H groups in total. The van der Waals surface area contributed by atoms with E-state index in [1.54, 1.807) is 7.11 Å². The van der Waals surface area contributed by atoms with Gasteiger partial charge in [-0.15, -0.1) is 0 Å². The van der Waals surface area contributed by atoms with E-state index in [-0.39, 0.29) is 6.61 Å². The molecule has 116 valence electrons. The van der Waals surface area contributed by atoms with E-state index in [1.165, 1.54) is 37.9 Å². The van der Waals surface area contributed by atoms with Crippen molar-refractivity contribution in [3.8, 4) is 5.75 Å². The summed E-state index contributed by atoms with van der Waals surface area (Å²) >= 11 is 0. The van der Waals surface area contributed by atoms with E-state index in [2.05, 4.69) is 15.9 Å². The van der Waals surface area contributed by atoms with E-state index >= 15 is 0 Å². The molecular weight excluding hydrogens is 264 g/mol. The van der Waals surface area contributed by atoms with Crippen molar-refractivity contribution in [1.82, 2.24) is 9.80 Å². The Hall–Kier alpha value is -1.10. The minimum Gasteiger partial charge on any atom is -0.496 e. The highest BCUT2D eigenvalue weighted by atomic mass is 16.5. The number of aliphatic hydroxyl groups excluding tert-OH is 1. The lowest BCUT2D eigenvalue weighted by molar-refractivity contribution is 0.228. The summed E-state index contributed by atoms with van der Waals surface area (Å²) in [6.07, 6.45) is 4.01. The number of nitrogens with zero attached hydrogens (tertiary/aromatic N) is 2. The van der Waals surface area contributed by atoms with Gasteiger partial charge in [0.25, 0.3) is 0 Å². The summed E-state index contributed by atoms with van der Waals surface area (Å²) < 4.78 is 5.46. The highest BCUT2D eigenvalue weighted by Gasteiger charge is 2.29. The first-order chi connectivity index (χ1) is 10.3. The van der Waals surface area contributed by atoms with E-state index in [1.807, 2.05) is 12.1 Å². The largest absolute Gasteiger partial charge is 0.496 e. The van der Waals surface area contributed by atoms with Crippen molar-refractivity contribution < 1.29 is 9.84 Å². The van der Waals surface area contributed by atoms with Crippen molar-refractivity contribution in [2.45, 2.75) is 38.5 Å². The molecule has 2 heterocycles. The van der Waals surface area contributed by atoms with Crippen molar-refractivity contribution in [3.63, 3.8) is 0 Å². The van der Waals surface area contributed by atoms with Crippen LogP contribution in [-0.4, -0.2) is 54.2 Å². The molecule has 0 spiro atoms. The van der Waals surface area contributed by atoms with Gasteiger partial charge in [0.15, 0.2) is 0 Å². The molecule has 1 atom stereocenters. The predicted molar refractivity (Wildman–Crippen MR) is 83.4 cm³/mol. The Morgan fingerprint density at radius 2 is 2.05 bits per heavy atom. The number of ether oxygens (including phenoxy) is 1. The highest BCUT2D eigenvalue weighted by Crippen LogP contribution is 2.26. The lowest BCUT2D eigenvalue weighted by Gasteiger charge is -2.24. The van der Waals surface area contributed by atoms with Crippen molar-refractivity contribution in [2.24, 2.45) is 0 Å². The fourth-order valence-electron chi connectivity index (χ4n) is 3.66. The van der Waals surface area contributed by atoms with Crippen LogP contribution in [0.5, 0.6) is 5.75 Å². The first-order valence-electron chi connectivity index (χ1n) is 8.03. The molecule has 2 fully saturated rings. The number of likely N-dealkylation sites (tertiary alicyclic amines) is 2. The molecule has 0 amide bonds. The molecule has 0 saturated carbocycles. The SMILES string of the molecule is COc1ccc(CO)cc1CN1CCC(N2CCCC2)C1. The summed E-state index contributed by atoms with van der Waals surface area (Å²) in [6, 6.07) is 6.70. The van der Waals surface area contributed by atoms with Gasteiger partial charge in [-0.25, -0.2) is 0 Å². The molecule has 21 heavy (non-hydrogen) atoms. The zero-order chi connectivity index (χ0) is 14.7. The maximum Gasteiger partial charge on any atom is 0.123 e. The third-order valence-electron chi connectivity index (χ3n) is 4.83. The van der Waals surface area contributed by atoms with Crippen LogP contribution in [0, 0.1) is 0 Å². The van der Waals surface area contributed by atoms with E-state index in [9.17, 15) is 5.11 Å². The van der Waals surface area contributed by atoms with Gasteiger partial charge in [-0.3, -0.25) is 9.80 Å². The Balaban J connectivity index is 1.64. The minimum atomic E-state index is 0.0907. The van der Waals surface area contributed by atoms with Gasteiger partial charge < -0.3 is 9.84 Å². The Bertz CT molecular complexity index is 472. The van der Waals surface area contributed by atoms with Gasteiger partial charge in [0, 0.05) is 31.2 Å². The fraction of sp³-hybridized carbons (Fsp3) is 0.647. The quantitative estimate of drug-likeness (QED) is 0.898. The zero-order valence-electron chi connectivity index (χ0n) is 12.9. The maximum absolute atomic E-state index is 9.31. The molecule has 2 saturated heterocycles. The molecule has 0 bridgehead atoms. The van der Waals surface area contributed by atoms with Crippen LogP contribution in [0.3, 0.4) is 0 Å². The number of hydrogen-bond acceptors (Lipinski definition) is 4. The first kappa shape index (κ1) is 14.8. The molecule has 1 unspecified atom stereocenters. The summed E-state index contributed by atoms with van der Waals surface area (Å²) in [5.74, 6) is 0.928. The van der Waals surface area contributed by atoms with Crippen LogP contribution in [-0.2, 0) is 13.2 Å². The third-order valence-corrected chi connectivity index (χ3v) is 4.83. The fourth-order valence-corrected chi connectivity index (χ4v) is 3.66. The van der Waals surface area contributed by atoms with Gasteiger partial charge in [0.2, 0.25) is 0 Å². The van der Waals surface area contributed by atoms with Crippen molar-refractivity contribution >= 4 is 0 Å². The molecule has 0 aromatic heterocycles. The average Bonchev–Trinajstić information content (AvgIpc) is 3.18. The molecule has 3 rings (SSSR count). The van der Waals surface area contributed by atoms with E-state index in [0.29, 0.717) is 0 Å². The van der Waals surface area contributed by atoms with Gasteiger partial charge in [0.05, 0.1) is 13.7 Å². The number of aliphatic hydroxyl groups is 1. The molecule has 1 aromatic rings. The summed E-state index contributed by atoms with van der Waals surface area (Å²) in [4.78, 5) is 5.17. The molecule has 2 aliphatic heterocycles. The average molecular weight is 290 g/mol. The normalized spacial score (nSPS) is 23.8. The van der Waals surface area contributed by atoms with Crippen LogP contribution in [0.4, 0.5) is 0 Å². The third kappa shape index (κ3) is 3.39. The predicted octanol–water partition coefficient (Wildman–Crippen LogP) is 1.86. The van der Waals surface area contributed by atoms with Crippen molar-refractivity contribution in [3.05, 3.63) is 29.3 Å². The van der Waals surface area contributed by atoms with Gasteiger partial charge in [-0.1, -0.05) is 6.07 Å². The second kappa shape index (κ2) is 6.77. The van der Waals surface area contributed by atoms with Gasteiger partial charge in [-0.05, 0) is 50.0 Å². The monoisotopic (exact) mass is 290 g/mol. The molecule has 4 heteroatoms. The van der Waals surface area contributed by atoms with E-state index in [4.69, 9.17) is 4.74 Å². The summed E-state index contributed by atoms with van der Waals surface area (Å²) in [5.41, 5.74) is 2.15. The Morgan fingerprint density at radius 3 is 2.76 bits per heavy atom. The standard InChI is InChI=1S/C17H26N2O2/c1-21-17-5-4-14(13-20)10-15(17)11-18-9-6-16(12-18)19-7-2-3-8-19/h4-5,10,16,20H,2-3,6-9,11-13H2,1H3. The molecule has 2 aliphatic rings. The zero-order valence-corrected chi connectivity index (χ0v) is 12.9. The van der Waals surface area contributed by atoms with E-state index < -0.39 is 0 Å². The lowest BCUT2D eigenvalue weighted by atomic mass is 10.1. The van der Waals surface area contributed by atoms with Gasteiger partial charge in [-0.2, -0.15) is 0 Å². The second-order valence-electron chi connectivity index (χ2n) is 6.23. The van der Waals surface area contributed by atoms with E-state index in [0.717, 1.165) is 37.0 Å².